The van der Waals surface area contributed by atoms with Crippen LogP contribution in [0.4, 0.5) is 0 Å². The number of carbonyl (C=O) groups is 1. The van der Waals surface area contributed by atoms with Crippen LogP contribution >= 0.6 is 0 Å². The first kappa shape index (κ1) is 14.3. The average Bonchev–Trinajstić information content (AvgIpc) is 2.47. The number of aliphatic carboxylic acids is 1. The summed E-state index contributed by atoms with van der Waals surface area (Å²) in [5.74, 6) is -0.836. The molecule has 0 saturated heterocycles. The molecule has 0 bridgehead atoms. The summed E-state index contributed by atoms with van der Waals surface area (Å²) in [6.45, 7) is 2.27. The second kappa shape index (κ2) is 6.35. The van der Waals surface area contributed by atoms with Crippen LogP contribution in [-0.2, 0) is 17.8 Å². The third-order valence-corrected chi connectivity index (χ3v) is 3.40. The lowest BCUT2D eigenvalue weighted by atomic mass is 9.92. The number of benzene rings is 2. The minimum Gasteiger partial charge on any atom is -0.480 e. The molecule has 0 radical (unpaired) electrons. The Hall–Kier alpha value is -2.13. The highest BCUT2D eigenvalue weighted by molar-refractivity contribution is 5.78. The molecule has 104 valence electrons. The standard InChI is InChI=1S/C17H19NO2/c1-17(16(19)20,12-14-8-4-2-5-9-14)18-13-15-10-6-3-7-11-15/h2-11,18H,12-13H2,1H3,(H,19,20). The first-order valence-corrected chi connectivity index (χ1v) is 6.66. The van der Waals surface area contributed by atoms with Crippen LogP contribution in [0.5, 0.6) is 0 Å². The van der Waals surface area contributed by atoms with Gasteiger partial charge in [-0.2, -0.15) is 0 Å². The van der Waals surface area contributed by atoms with Crippen molar-refractivity contribution in [3.05, 3.63) is 71.8 Å². The van der Waals surface area contributed by atoms with Crippen LogP contribution in [0, 0.1) is 0 Å². The SMILES string of the molecule is CC(Cc1ccccc1)(NCc1ccccc1)C(=O)O. The van der Waals surface area contributed by atoms with Crippen molar-refractivity contribution in [3.8, 4) is 0 Å². The van der Waals surface area contributed by atoms with Gasteiger partial charge in [-0.25, -0.2) is 0 Å². The predicted molar refractivity (Wildman–Crippen MR) is 79.5 cm³/mol. The highest BCUT2D eigenvalue weighted by Crippen LogP contribution is 2.15. The highest BCUT2D eigenvalue weighted by atomic mass is 16.4. The molecule has 2 aromatic rings. The molecule has 0 saturated carbocycles. The van der Waals surface area contributed by atoms with Crippen LogP contribution in [0.25, 0.3) is 0 Å². The van der Waals surface area contributed by atoms with Crippen molar-refractivity contribution in [2.45, 2.75) is 25.4 Å². The number of rotatable bonds is 6. The van der Waals surface area contributed by atoms with E-state index in [-0.39, 0.29) is 0 Å². The van der Waals surface area contributed by atoms with E-state index in [0.29, 0.717) is 13.0 Å². The van der Waals surface area contributed by atoms with E-state index in [1.165, 1.54) is 0 Å². The Morgan fingerprint density at radius 2 is 1.50 bits per heavy atom. The maximum atomic E-state index is 11.6. The zero-order chi connectivity index (χ0) is 14.4. The molecule has 0 amide bonds. The largest absolute Gasteiger partial charge is 0.480 e. The normalized spacial score (nSPS) is 13.7. The van der Waals surface area contributed by atoms with Gasteiger partial charge in [-0.3, -0.25) is 10.1 Å². The van der Waals surface area contributed by atoms with Gasteiger partial charge in [0.15, 0.2) is 0 Å². The Morgan fingerprint density at radius 1 is 1.00 bits per heavy atom. The van der Waals surface area contributed by atoms with Crippen LogP contribution in [0.3, 0.4) is 0 Å². The van der Waals surface area contributed by atoms with Gasteiger partial charge >= 0.3 is 5.97 Å². The number of nitrogens with one attached hydrogen (secondary N) is 1. The summed E-state index contributed by atoms with van der Waals surface area (Å²) in [6, 6.07) is 19.5. The Kier molecular flexibility index (Phi) is 4.53. The van der Waals surface area contributed by atoms with Gasteiger partial charge in [0.25, 0.3) is 0 Å². The number of carboxylic acid groups (broad SMARTS) is 1. The topological polar surface area (TPSA) is 49.3 Å². The fourth-order valence-corrected chi connectivity index (χ4v) is 2.11. The van der Waals surface area contributed by atoms with E-state index in [4.69, 9.17) is 0 Å². The molecule has 0 aliphatic rings. The van der Waals surface area contributed by atoms with Gasteiger partial charge in [-0.15, -0.1) is 0 Å². The minimum absolute atomic E-state index is 0.454. The summed E-state index contributed by atoms with van der Waals surface area (Å²) in [6.07, 6.45) is 0.454. The van der Waals surface area contributed by atoms with E-state index in [2.05, 4.69) is 5.32 Å². The van der Waals surface area contributed by atoms with E-state index in [1.807, 2.05) is 60.7 Å². The minimum atomic E-state index is -0.975. The molecule has 3 nitrogen and oxygen atoms in total. The molecule has 0 aromatic heterocycles. The first-order chi connectivity index (χ1) is 9.60. The van der Waals surface area contributed by atoms with Crippen LogP contribution < -0.4 is 5.32 Å². The van der Waals surface area contributed by atoms with E-state index < -0.39 is 11.5 Å². The molecule has 0 aliphatic carbocycles. The zero-order valence-electron chi connectivity index (χ0n) is 11.5. The molecule has 0 fully saturated rings. The third-order valence-electron chi connectivity index (χ3n) is 3.40. The summed E-state index contributed by atoms with van der Waals surface area (Å²) in [7, 11) is 0. The molecule has 1 atom stereocenters. The number of hydrogen-bond acceptors (Lipinski definition) is 2. The lowest BCUT2D eigenvalue weighted by molar-refractivity contribution is -0.144. The second-order valence-corrected chi connectivity index (χ2v) is 5.14. The molecule has 0 heterocycles. The van der Waals surface area contributed by atoms with Gasteiger partial charge in [0.1, 0.15) is 5.54 Å². The maximum absolute atomic E-state index is 11.6. The molecule has 3 heteroatoms. The van der Waals surface area contributed by atoms with Crippen LogP contribution in [-0.4, -0.2) is 16.6 Å². The van der Waals surface area contributed by atoms with Crippen molar-refractivity contribution in [3.63, 3.8) is 0 Å². The summed E-state index contributed by atoms with van der Waals surface area (Å²) in [5, 5.41) is 12.7. The van der Waals surface area contributed by atoms with Gasteiger partial charge < -0.3 is 5.11 Å². The summed E-state index contributed by atoms with van der Waals surface area (Å²) < 4.78 is 0. The van der Waals surface area contributed by atoms with E-state index in [0.717, 1.165) is 11.1 Å². The molecule has 0 aliphatic heterocycles. The van der Waals surface area contributed by atoms with Crippen molar-refractivity contribution in [2.75, 3.05) is 0 Å². The van der Waals surface area contributed by atoms with Gasteiger partial charge in [0, 0.05) is 13.0 Å². The highest BCUT2D eigenvalue weighted by Gasteiger charge is 2.32. The fourth-order valence-electron chi connectivity index (χ4n) is 2.11. The van der Waals surface area contributed by atoms with E-state index in [9.17, 15) is 9.90 Å². The quantitative estimate of drug-likeness (QED) is 0.847. The van der Waals surface area contributed by atoms with Crippen molar-refractivity contribution < 1.29 is 9.90 Å². The van der Waals surface area contributed by atoms with Crippen LogP contribution in [0.2, 0.25) is 0 Å². The van der Waals surface area contributed by atoms with E-state index in [1.54, 1.807) is 6.92 Å². The number of carboxylic acids is 1. The molecule has 0 spiro atoms. The molecular formula is C17H19NO2. The molecule has 2 rings (SSSR count). The lowest BCUT2D eigenvalue weighted by Gasteiger charge is -2.26. The van der Waals surface area contributed by atoms with Crippen molar-refractivity contribution in [2.24, 2.45) is 0 Å². The molecule has 1 unspecified atom stereocenters. The van der Waals surface area contributed by atoms with Crippen molar-refractivity contribution in [1.82, 2.24) is 5.32 Å². The Bertz CT molecular complexity index is 554. The average molecular weight is 269 g/mol. The fraction of sp³-hybridized carbons (Fsp3) is 0.235. The zero-order valence-corrected chi connectivity index (χ0v) is 11.5. The maximum Gasteiger partial charge on any atom is 0.323 e. The molecule has 2 aromatic carbocycles. The predicted octanol–water partition coefficient (Wildman–Crippen LogP) is 2.86. The summed E-state index contributed by atoms with van der Waals surface area (Å²) in [5.41, 5.74) is 1.11. The second-order valence-electron chi connectivity index (χ2n) is 5.14. The first-order valence-electron chi connectivity index (χ1n) is 6.66. The monoisotopic (exact) mass is 269 g/mol. The van der Waals surface area contributed by atoms with Crippen molar-refractivity contribution >= 4 is 5.97 Å². The van der Waals surface area contributed by atoms with Gasteiger partial charge in [-0.1, -0.05) is 60.7 Å². The molecule has 20 heavy (non-hydrogen) atoms. The van der Waals surface area contributed by atoms with Crippen LogP contribution in [0.15, 0.2) is 60.7 Å². The number of hydrogen-bond donors (Lipinski definition) is 2. The van der Waals surface area contributed by atoms with Gasteiger partial charge in [-0.05, 0) is 18.1 Å². The van der Waals surface area contributed by atoms with Gasteiger partial charge in [0.2, 0.25) is 0 Å². The molecule has 2 N–H and O–H groups in total. The smallest absolute Gasteiger partial charge is 0.323 e. The summed E-state index contributed by atoms with van der Waals surface area (Å²) >= 11 is 0. The third kappa shape index (κ3) is 3.68. The Labute approximate surface area is 119 Å². The Balaban J connectivity index is 2.08. The summed E-state index contributed by atoms with van der Waals surface area (Å²) in [4.78, 5) is 11.6. The molecular weight excluding hydrogens is 250 g/mol. The van der Waals surface area contributed by atoms with Gasteiger partial charge in [0.05, 0.1) is 0 Å². The Morgan fingerprint density at radius 3 is 2.00 bits per heavy atom. The van der Waals surface area contributed by atoms with Crippen molar-refractivity contribution in [1.29, 1.82) is 0 Å². The van der Waals surface area contributed by atoms with Crippen LogP contribution in [0.1, 0.15) is 18.1 Å². The lowest BCUT2D eigenvalue weighted by Crippen LogP contribution is -2.50. The van der Waals surface area contributed by atoms with E-state index >= 15 is 0 Å².